The fraction of sp³-hybridized carbons (Fsp3) is 0.667. The maximum Gasteiger partial charge on any atom is 0.313 e. The molecule has 0 radical (unpaired) electrons. The second-order valence-corrected chi connectivity index (χ2v) is 3.15. The predicted octanol–water partition coefficient (Wildman–Crippen LogP) is 1.54. The van der Waals surface area contributed by atoms with Crippen LogP contribution in [-0.4, -0.2) is 29.9 Å². The van der Waals surface area contributed by atoms with E-state index in [-0.39, 0.29) is 13.1 Å². The van der Waals surface area contributed by atoms with E-state index in [2.05, 4.69) is 21.9 Å². The average molecular weight is 212 g/mol. The Kier molecular flexibility index (Phi) is 3.84. The Balaban J connectivity index is 3.60. The summed E-state index contributed by atoms with van der Waals surface area (Å²) in [7, 11) is 1.54. The summed E-state index contributed by atoms with van der Waals surface area (Å²) in [5, 5.41) is 0. The van der Waals surface area contributed by atoms with E-state index in [1.165, 1.54) is 11.9 Å². The lowest BCUT2D eigenvalue weighted by atomic mass is 10.5. The maximum absolute atomic E-state index is 12.1. The van der Waals surface area contributed by atoms with E-state index in [1.807, 2.05) is 0 Å². The third-order valence-corrected chi connectivity index (χ3v) is 1.06. The van der Waals surface area contributed by atoms with Crippen LogP contribution in [0.2, 0.25) is 0 Å². The molecule has 0 unspecified atom stereocenters. The highest BCUT2D eigenvalue weighted by Gasteiger charge is 2.25. The highest BCUT2D eigenvalue weighted by Crippen LogP contribution is 2.21. The van der Waals surface area contributed by atoms with Crippen molar-refractivity contribution in [1.29, 1.82) is 0 Å². The summed E-state index contributed by atoms with van der Waals surface area (Å²) >= 11 is 2.21. The Hall–Kier alpha value is -0.140. The first kappa shape index (κ1) is 9.86. The lowest BCUT2D eigenvalue weighted by Gasteiger charge is -2.16. The van der Waals surface area contributed by atoms with Crippen LogP contribution in [-0.2, 0) is 0 Å². The molecule has 10 heavy (non-hydrogen) atoms. The van der Waals surface area contributed by atoms with Crippen molar-refractivity contribution in [1.82, 2.24) is 4.90 Å². The van der Waals surface area contributed by atoms with Crippen LogP contribution in [0.3, 0.4) is 0 Å². The van der Waals surface area contributed by atoms with Crippen LogP contribution in [0, 0.1) is 12.3 Å². The molecule has 0 heterocycles. The molecule has 0 amide bonds. The standard InChI is InChI=1S/C6H8BrF2N/c1-3-4-10(2)5-6(7,8)9/h1H,4-5H2,2H3. The number of alkyl halides is 3. The average Bonchev–Trinajstić information content (AvgIpc) is 1.59. The van der Waals surface area contributed by atoms with Gasteiger partial charge in [-0.25, -0.2) is 0 Å². The van der Waals surface area contributed by atoms with Crippen LogP contribution in [0.5, 0.6) is 0 Å². The molecule has 58 valence electrons. The number of nitrogens with zero attached hydrogens (tertiary/aromatic N) is 1. The summed E-state index contributed by atoms with van der Waals surface area (Å²) in [4.78, 5) is -1.48. The first-order valence-corrected chi connectivity index (χ1v) is 3.44. The van der Waals surface area contributed by atoms with E-state index in [4.69, 9.17) is 6.42 Å². The van der Waals surface area contributed by atoms with Crippen molar-refractivity contribution in [2.45, 2.75) is 4.83 Å². The molecule has 0 fully saturated rings. The highest BCUT2D eigenvalue weighted by atomic mass is 79.9. The zero-order valence-electron chi connectivity index (χ0n) is 5.57. The van der Waals surface area contributed by atoms with E-state index >= 15 is 0 Å². The normalized spacial score (nSPS) is 11.6. The van der Waals surface area contributed by atoms with Crippen molar-refractivity contribution >= 4 is 15.9 Å². The van der Waals surface area contributed by atoms with Gasteiger partial charge in [0.05, 0.1) is 13.1 Å². The first-order chi connectivity index (χ1) is 4.45. The second-order valence-electron chi connectivity index (χ2n) is 1.99. The van der Waals surface area contributed by atoms with Gasteiger partial charge in [-0.05, 0) is 23.0 Å². The maximum atomic E-state index is 12.1. The van der Waals surface area contributed by atoms with E-state index in [9.17, 15) is 8.78 Å². The quantitative estimate of drug-likeness (QED) is 0.506. The lowest BCUT2D eigenvalue weighted by Crippen LogP contribution is -2.30. The van der Waals surface area contributed by atoms with Gasteiger partial charge in [-0.15, -0.1) is 6.42 Å². The zero-order valence-corrected chi connectivity index (χ0v) is 7.16. The van der Waals surface area contributed by atoms with Crippen molar-refractivity contribution in [3.8, 4) is 12.3 Å². The Morgan fingerprint density at radius 3 is 2.50 bits per heavy atom. The van der Waals surface area contributed by atoms with Crippen molar-refractivity contribution in [3.05, 3.63) is 0 Å². The van der Waals surface area contributed by atoms with Gasteiger partial charge in [-0.2, -0.15) is 8.78 Å². The molecule has 0 atom stereocenters. The Morgan fingerprint density at radius 2 is 2.20 bits per heavy atom. The lowest BCUT2D eigenvalue weighted by molar-refractivity contribution is 0.0769. The summed E-state index contributed by atoms with van der Waals surface area (Å²) < 4.78 is 24.2. The minimum atomic E-state index is -2.83. The molecule has 0 aliphatic carbocycles. The van der Waals surface area contributed by atoms with Crippen LogP contribution in [0.1, 0.15) is 0 Å². The van der Waals surface area contributed by atoms with Gasteiger partial charge in [0.15, 0.2) is 0 Å². The topological polar surface area (TPSA) is 3.24 Å². The first-order valence-electron chi connectivity index (χ1n) is 2.64. The molecular formula is C6H8BrF2N. The third-order valence-electron chi connectivity index (χ3n) is 0.810. The van der Waals surface area contributed by atoms with Crippen LogP contribution in [0.15, 0.2) is 0 Å². The molecule has 0 aromatic rings. The summed E-state index contributed by atoms with van der Waals surface area (Å²) in [5.41, 5.74) is 0. The summed E-state index contributed by atoms with van der Waals surface area (Å²) in [6.07, 6.45) is 4.90. The van der Waals surface area contributed by atoms with Crippen LogP contribution < -0.4 is 0 Å². The Bertz CT molecular complexity index is 136. The van der Waals surface area contributed by atoms with Crippen molar-refractivity contribution in [2.24, 2.45) is 0 Å². The van der Waals surface area contributed by atoms with Crippen LogP contribution in [0.4, 0.5) is 8.78 Å². The Labute approximate surface area is 67.5 Å². The molecule has 0 aromatic carbocycles. The number of hydrogen-bond acceptors (Lipinski definition) is 1. The molecule has 0 saturated heterocycles. The Morgan fingerprint density at radius 1 is 1.70 bits per heavy atom. The molecule has 1 nitrogen and oxygen atoms in total. The number of terminal acetylenes is 1. The van der Waals surface area contributed by atoms with Gasteiger partial charge in [0, 0.05) is 0 Å². The third kappa shape index (κ3) is 5.99. The minimum Gasteiger partial charge on any atom is -0.289 e. The van der Waals surface area contributed by atoms with Crippen LogP contribution in [0.25, 0.3) is 0 Å². The smallest absolute Gasteiger partial charge is 0.289 e. The second kappa shape index (κ2) is 3.89. The molecular weight excluding hydrogens is 204 g/mol. The molecule has 0 N–H and O–H groups in total. The van der Waals surface area contributed by atoms with Gasteiger partial charge in [-0.1, -0.05) is 5.92 Å². The van der Waals surface area contributed by atoms with Gasteiger partial charge in [-0.3, -0.25) is 4.90 Å². The minimum absolute atomic E-state index is 0.237. The summed E-state index contributed by atoms with van der Waals surface area (Å²) in [5.74, 6) is 2.26. The van der Waals surface area contributed by atoms with Crippen molar-refractivity contribution in [2.75, 3.05) is 20.1 Å². The fourth-order valence-electron chi connectivity index (χ4n) is 0.518. The van der Waals surface area contributed by atoms with Crippen LogP contribution >= 0.6 is 15.9 Å². The van der Waals surface area contributed by atoms with E-state index in [0.717, 1.165) is 0 Å². The van der Waals surface area contributed by atoms with Crippen molar-refractivity contribution in [3.63, 3.8) is 0 Å². The van der Waals surface area contributed by atoms with Gasteiger partial charge >= 0.3 is 4.83 Å². The molecule has 0 rings (SSSR count). The monoisotopic (exact) mass is 211 g/mol. The van der Waals surface area contributed by atoms with E-state index < -0.39 is 4.83 Å². The fourth-order valence-corrected chi connectivity index (χ4v) is 0.946. The molecule has 0 aromatic heterocycles. The molecule has 0 saturated carbocycles. The van der Waals surface area contributed by atoms with Gasteiger partial charge < -0.3 is 0 Å². The molecule has 4 heteroatoms. The van der Waals surface area contributed by atoms with E-state index in [1.54, 1.807) is 0 Å². The molecule has 0 spiro atoms. The zero-order chi connectivity index (χ0) is 8.20. The molecule has 0 aliphatic rings. The number of halogens is 3. The number of rotatable bonds is 3. The summed E-state index contributed by atoms with van der Waals surface area (Å²) in [6.45, 7) is -0.127. The highest BCUT2D eigenvalue weighted by molar-refractivity contribution is 9.10. The van der Waals surface area contributed by atoms with Gasteiger partial charge in [0.1, 0.15) is 0 Å². The summed E-state index contributed by atoms with van der Waals surface area (Å²) in [6, 6.07) is 0. The predicted molar refractivity (Wildman–Crippen MR) is 40.2 cm³/mol. The molecule has 0 aliphatic heterocycles. The largest absolute Gasteiger partial charge is 0.313 e. The van der Waals surface area contributed by atoms with Crippen molar-refractivity contribution < 1.29 is 8.78 Å². The SMILES string of the molecule is C#CCN(C)CC(F)(F)Br. The van der Waals surface area contributed by atoms with Gasteiger partial charge in [0.25, 0.3) is 0 Å². The number of hydrogen-bond donors (Lipinski definition) is 0. The van der Waals surface area contributed by atoms with Gasteiger partial charge in [0.2, 0.25) is 0 Å². The molecule has 0 bridgehead atoms. The van der Waals surface area contributed by atoms with E-state index in [0.29, 0.717) is 0 Å².